The molecule has 7 nitrogen and oxygen atoms in total. The number of benzene rings is 2. The number of aromatic nitrogens is 1. The van der Waals surface area contributed by atoms with Gasteiger partial charge in [0, 0.05) is 21.0 Å². The first-order chi connectivity index (χ1) is 12.9. The fourth-order valence-corrected chi connectivity index (χ4v) is 3.47. The van der Waals surface area contributed by atoms with E-state index >= 15 is 0 Å². The average Bonchev–Trinajstić information content (AvgIpc) is 3.01. The molecule has 0 fully saturated rings. The highest BCUT2D eigenvalue weighted by molar-refractivity contribution is 9.10. The van der Waals surface area contributed by atoms with E-state index in [1.54, 1.807) is 6.07 Å². The molecule has 1 N–H and O–H groups in total. The number of amides is 1. The maximum Gasteiger partial charge on any atom is 0.310 e. The number of ether oxygens (including phenoxy) is 1. The van der Waals surface area contributed by atoms with Gasteiger partial charge in [0.05, 0.1) is 10.6 Å². The summed E-state index contributed by atoms with van der Waals surface area (Å²) >= 11 is 4.75. The second-order valence-corrected chi connectivity index (χ2v) is 7.61. The van der Waals surface area contributed by atoms with Crippen molar-refractivity contribution in [2.75, 3.05) is 11.9 Å². The lowest BCUT2D eigenvalue weighted by Gasteiger charge is -2.06. The van der Waals surface area contributed by atoms with Gasteiger partial charge in [-0.3, -0.25) is 20.2 Å². The molecule has 1 aromatic heterocycles. The topological polar surface area (TPSA) is 94.4 Å². The van der Waals surface area contributed by atoms with Crippen LogP contribution in [0.4, 0.5) is 10.8 Å². The summed E-state index contributed by atoms with van der Waals surface area (Å²) in [5, 5.41) is 14.1. The van der Waals surface area contributed by atoms with Crippen LogP contribution in [0.5, 0.6) is 5.75 Å². The normalized spacial score (nSPS) is 10.4. The van der Waals surface area contributed by atoms with Crippen LogP contribution < -0.4 is 10.1 Å². The number of rotatable bonds is 6. The Labute approximate surface area is 167 Å². The SMILES string of the molecule is Cc1sc(NC(=O)COc2ccccc2[N+](=O)[O-])nc1-c1ccc(Br)cc1. The Balaban J connectivity index is 1.66. The number of nitro groups is 1. The maximum atomic E-state index is 12.1. The van der Waals surface area contributed by atoms with Crippen LogP contribution in [-0.2, 0) is 4.79 Å². The summed E-state index contributed by atoms with van der Waals surface area (Å²) in [6, 6.07) is 13.6. The smallest absolute Gasteiger partial charge is 0.310 e. The summed E-state index contributed by atoms with van der Waals surface area (Å²) in [7, 11) is 0. The number of hydrogen-bond donors (Lipinski definition) is 1. The third-order valence-corrected chi connectivity index (χ3v) is 5.00. The highest BCUT2D eigenvalue weighted by Crippen LogP contribution is 2.31. The van der Waals surface area contributed by atoms with E-state index in [0.29, 0.717) is 5.13 Å². The number of halogens is 1. The summed E-state index contributed by atoms with van der Waals surface area (Å²) in [5.74, 6) is -0.396. The molecule has 0 aliphatic heterocycles. The molecule has 0 atom stereocenters. The largest absolute Gasteiger partial charge is 0.477 e. The Morgan fingerprint density at radius 2 is 1.96 bits per heavy atom. The van der Waals surface area contributed by atoms with Gasteiger partial charge in [-0.25, -0.2) is 4.98 Å². The minimum Gasteiger partial charge on any atom is -0.477 e. The average molecular weight is 448 g/mol. The molecule has 27 heavy (non-hydrogen) atoms. The maximum absolute atomic E-state index is 12.1. The van der Waals surface area contributed by atoms with Gasteiger partial charge in [0.2, 0.25) is 0 Å². The third kappa shape index (κ3) is 4.69. The summed E-state index contributed by atoms with van der Waals surface area (Å²) in [5.41, 5.74) is 1.55. The molecule has 0 aliphatic carbocycles. The van der Waals surface area contributed by atoms with E-state index in [1.165, 1.54) is 29.5 Å². The van der Waals surface area contributed by atoms with Crippen molar-refractivity contribution in [1.29, 1.82) is 0 Å². The second kappa shape index (κ2) is 8.28. The molecule has 0 spiro atoms. The Morgan fingerprint density at radius 3 is 2.67 bits per heavy atom. The van der Waals surface area contributed by atoms with Crippen LogP contribution in [0.25, 0.3) is 11.3 Å². The van der Waals surface area contributed by atoms with Crippen molar-refractivity contribution in [3.63, 3.8) is 0 Å². The Bertz CT molecular complexity index is 989. The molecule has 3 aromatic rings. The highest BCUT2D eigenvalue weighted by Gasteiger charge is 2.16. The van der Waals surface area contributed by atoms with E-state index in [2.05, 4.69) is 26.2 Å². The van der Waals surface area contributed by atoms with Crippen LogP contribution in [0.3, 0.4) is 0 Å². The van der Waals surface area contributed by atoms with Crippen LogP contribution in [0.15, 0.2) is 53.0 Å². The highest BCUT2D eigenvalue weighted by atomic mass is 79.9. The summed E-state index contributed by atoms with van der Waals surface area (Å²) < 4.78 is 6.26. The number of thiazole rings is 1. The molecule has 2 aromatic carbocycles. The molecule has 0 aliphatic rings. The minimum absolute atomic E-state index is 0.0449. The van der Waals surface area contributed by atoms with Crippen LogP contribution in [-0.4, -0.2) is 22.4 Å². The van der Waals surface area contributed by atoms with Gasteiger partial charge in [-0.1, -0.05) is 40.2 Å². The van der Waals surface area contributed by atoms with Gasteiger partial charge in [-0.15, -0.1) is 11.3 Å². The van der Waals surface area contributed by atoms with Gasteiger partial charge in [-0.2, -0.15) is 0 Å². The zero-order valence-electron chi connectivity index (χ0n) is 14.1. The number of anilines is 1. The van der Waals surface area contributed by atoms with Crippen molar-refractivity contribution in [2.45, 2.75) is 6.92 Å². The molecule has 0 saturated carbocycles. The number of nitrogens with zero attached hydrogens (tertiary/aromatic N) is 2. The predicted octanol–water partition coefficient (Wildman–Crippen LogP) is 4.81. The van der Waals surface area contributed by atoms with Crippen molar-refractivity contribution in [3.05, 3.63) is 68.0 Å². The molecular weight excluding hydrogens is 434 g/mol. The number of para-hydroxylation sites is 2. The van der Waals surface area contributed by atoms with Crippen LogP contribution in [0.2, 0.25) is 0 Å². The van der Waals surface area contributed by atoms with E-state index < -0.39 is 10.8 Å². The molecule has 3 rings (SSSR count). The summed E-state index contributed by atoms with van der Waals surface area (Å²) in [6.07, 6.45) is 0. The van der Waals surface area contributed by atoms with Gasteiger partial charge in [-0.05, 0) is 25.1 Å². The molecule has 0 bridgehead atoms. The number of nitrogens with one attached hydrogen (secondary N) is 1. The van der Waals surface area contributed by atoms with Gasteiger partial charge in [0.15, 0.2) is 17.5 Å². The summed E-state index contributed by atoms with van der Waals surface area (Å²) in [6.45, 7) is 1.58. The van der Waals surface area contributed by atoms with Crippen LogP contribution in [0.1, 0.15) is 4.88 Å². The number of carbonyl (C=O) groups is 1. The lowest BCUT2D eigenvalue weighted by Crippen LogP contribution is -2.20. The van der Waals surface area contributed by atoms with Crippen molar-refractivity contribution in [1.82, 2.24) is 4.98 Å². The predicted molar refractivity (Wildman–Crippen MR) is 107 cm³/mol. The molecule has 138 valence electrons. The number of aryl methyl sites for hydroxylation is 1. The number of nitro benzene ring substituents is 1. The molecule has 1 amide bonds. The fourth-order valence-electron chi connectivity index (χ4n) is 2.35. The van der Waals surface area contributed by atoms with Gasteiger partial charge < -0.3 is 4.74 Å². The van der Waals surface area contributed by atoms with Gasteiger partial charge >= 0.3 is 5.69 Å². The molecule has 9 heteroatoms. The lowest BCUT2D eigenvalue weighted by molar-refractivity contribution is -0.385. The number of hydrogen-bond acceptors (Lipinski definition) is 6. The summed E-state index contributed by atoms with van der Waals surface area (Å²) in [4.78, 5) is 28.0. The van der Waals surface area contributed by atoms with Gasteiger partial charge in [0.25, 0.3) is 5.91 Å². The van der Waals surface area contributed by atoms with E-state index in [9.17, 15) is 14.9 Å². The standard InChI is InChI=1S/C18H14BrN3O4S/c1-11-17(12-6-8-13(19)9-7-12)21-18(27-11)20-16(23)10-26-15-5-3-2-4-14(15)22(24)25/h2-9H,10H2,1H3,(H,20,21,23). The first kappa shape index (κ1) is 19.0. The first-order valence-corrected chi connectivity index (χ1v) is 9.44. The fraction of sp³-hybridized carbons (Fsp3) is 0.111. The van der Waals surface area contributed by atoms with Crippen LogP contribution >= 0.6 is 27.3 Å². The Hall–Kier alpha value is -2.78. The third-order valence-electron chi connectivity index (χ3n) is 3.58. The Morgan fingerprint density at radius 1 is 1.26 bits per heavy atom. The van der Waals surface area contributed by atoms with Crippen molar-refractivity contribution < 1.29 is 14.5 Å². The van der Waals surface area contributed by atoms with E-state index in [1.807, 2.05) is 31.2 Å². The minimum atomic E-state index is -0.554. The molecular formula is C18H14BrN3O4S. The zero-order valence-corrected chi connectivity index (χ0v) is 16.5. The molecule has 0 radical (unpaired) electrons. The monoisotopic (exact) mass is 447 g/mol. The van der Waals surface area contributed by atoms with Crippen LogP contribution in [0, 0.1) is 17.0 Å². The molecule has 0 unspecified atom stereocenters. The van der Waals surface area contributed by atoms with E-state index in [4.69, 9.17) is 4.74 Å². The zero-order chi connectivity index (χ0) is 19.4. The van der Waals surface area contributed by atoms with Crippen molar-refractivity contribution in [3.8, 4) is 17.0 Å². The molecule has 1 heterocycles. The first-order valence-electron chi connectivity index (χ1n) is 7.83. The number of carbonyl (C=O) groups excluding carboxylic acids is 1. The second-order valence-electron chi connectivity index (χ2n) is 5.49. The van der Waals surface area contributed by atoms with E-state index in [-0.39, 0.29) is 18.0 Å². The lowest BCUT2D eigenvalue weighted by atomic mass is 10.1. The molecule has 0 saturated heterocycles. The quantitative estimate of drug-likeness (QED) is 0.432. The van der Waals surface area contributed by atoms with E-state index in [0.717, 1.165) is 20.6 Å². The van der Waals surface area contributed by atoms with Crippen molar-refractivity contribution >= 4 is 44.0 Å². The Kier molecular flexibility index (Phi) is 5.82. The van der Waals surface area contributed by atoms with Crippen molar-refractivity contribution in [2.24, 2.45) is 0 Å². The van der Waals surface area contributed by atoms with Gasteiger partial charge in [0.1, 0.15) is 0 Å².